The van der Waals surface area contributed by atoms with Crippen molar-refractivity contribution in [3.05, 3.63) is 47.0 Å². The molecule has 3 aromatic rings. The fourth-order valence-electron chi connectivity index (χ4n) is 2.16. The van der Waals surface area contributed by atoms with Gasteiger partial charge in [0.25, 0.3) is 10.0 Å². The number of anilines is 1. The summed E-state index contributed by atoms with van der Waals surface area (Å²) in [6.45, 7) is 1.73. The highest BCUT2D eigenvalue weighted by atomic mass is 35.5. The molecule has 0 fully saturated rings. The first-order valence-electron chi connectivity index (χ1n) is 7.15. The number of halogens is 1. The minimum Gasteiger partial charge on any atom is -0.423 e. The third-order valence-electron chi connectivity index (χ3n) is 3.34. The van der Waals surface area contributed by atoms with Gasteiger partial charge in [0.05, 0.1) is 5.75 Å². The molecule has 1 N–H and O–H groups in total. The van der Waals surface area contributed by atoms with Gasteiger partial charge in [-0.1, -0.05) is 29.7 Å². The number of thioether (sulfide) groups is 1. The number of terminal acetylenes is 1. The molecule has 1 aromatic heterocycles. The standard InChI is InChI=1S/C17H13ClN2O3S2/c1-3-8-24-15-10-12(18)11(2)9-16(15)25(21,22)20-17-19-13-6-4-5-7-14(13)23-17/h1,4-7,9-10H,8H2,2H3,(H,19,20). The van der Waals surface area contributed by atoms with Crippen LogP contribution in [-0.4, -0.2) is 19.2 Å². The number of rotatable bonds is 5. The van der Waals surface area contributed by atoms with Gasteiger partial charge >= 0.3 is 6.01 Å². The van der Waals surface area contributed by atoms with E-state index in [2.05, 4.69) is 15.6 Å². The molecule has 128 valence electrons. The highest BCUT2D eigenvalue weighted by molar-refractivity contribution is 8.00. The van der Waals surface area contributed by atoms with Gasteiger partial charge in [0.15, 0.2) is 5.58 Å². The van der Waals surface area contributed by atoms with Gasteiger partial charge in [0.1, 0.15) is 10.4 Å². The van der Waals surface area contributed by atoms with E-state index in [9.17, 15) is 8.42 Å². The van der Waals surface area contributed by atoms with Crippen molar-refractivity contribution in [2.45, 2.75) is 16.7 Å². The van der Waals surface area contributed by atoms with Crippen molar-refractivity contribution in [1.82, 2.24) is 4.98 Å². The average molecular weight is 393 g/mol. The zero-order valence-electron chi connectivity index (χ0n) is 13.1. The highest BCUT2D eigenvalue weighted by Crippen LogP contribution is 2.33. The molecule has 1 heterocycles. The van der Waals surface area contributed by atoms with Gasteiger partial charge in [-0.2, -0.15) is 4.98 Å². The van der Waals surface area contributed by atoms with Crippen LogP contribution in [0.1, 0.15) is 5.56 Å². The zero-order chi connectivity index (χ0) is 18.0. The number of hydrogen-bond acceptors (Lipinski definition) is 5. The van der Waals surface area contributed by atoms with Crippen LogP contribution in [0.5, 0.6) is 0 Å². The van der Waals surface area contributed by atoms with Gasteiger partial charge in [-0.3, -0.25) is 0 Å². The smallest absolute Gasteiger partial charge is 0.309 e. The predicted octanol–water partition coefficient (Wildman–Crippen LogP) is 4.32. The number of nitrogens with one attached hydrogen (secondary N) is 1. The van der Waals surface area contributed by atoms with E-state index in [0.717, 1.165) is 0 Å². The van der Waals surface area contributed by atoms with Crippen molar-refractivity contribution in [3.63, 3.8) is 0 Å². The lowest BCUT2D eigenvalue weighted by Crippen LogP contribution is -2.14. The summed E-state index contributed by atoms with van der Waals surface area (Å²) < 4.78 is 33.4. The molecule has 0 amide bonds. The Bertz CT molecular complexity index is 1050. The molecule has 0 radical (unpaired) electrons. The lowest BCUT2D eigenvalue weighted by Gasteiger charge is -2.11. The van der Waals surface area contributed by atoms with E-state index in [0.29, 0.717) is 32.3 Å². The monoisotopic (exact) mass is 392 g/mol. The van der Waals surface area contributed by atoms with Crippen LogP contribution < -0.4 is 4.72 Å². The van der Waals surface area contributed by atoms with Crippen LogP contribution in [0.25, 0.3) is 11.1 Å². The summed E-state index contributed by atoms with van der Waals surface area (Å²) >= 11 is 7.34. The van der Waals surface area contributed by atoms with Crippen molar-refractivity contribution < 1.29 is 12.8 Å². The number of benzene rings is 2. The second-order valence-electron chi connectivity index (χ2n) is 5.13. The third-order valence-corrected chi connectivity index (χ3v) is 6.20. The molecule has 0 spiro atoms. The van der Waals surface area contributed by atoms with Crippen LogP contribution in [-0.2, 0) is 10.0 Å². The molecule has 0 aliphatic carbocycles. The molecule has 0 aliphatic rings. The van der Waals surface area contributed by atoms with Crippen molar-refractivity contribution >= 4 is 50.5 Å². The number of nitrogens with zero attached hydrogens (tertiary/aromatic N) is 1. The quantitative estimate of drug-likeness (QED) is 0.517. The Morgan fingerprint density at radius 2 is 2.12 bits per heavy atom. The zero-order valence-corrected chi connectivity index (χ0v) is 15.5. The second kappa shape index (κ2) is 7.00. The first kappa shape index (κ1) is 17.7. The number of para-hydroxylation sites is 2. The van der Waals surface area contributed by atoms with Gasteiger partial charge in [0, 0.05) is 9.92 Å². The summed E-state index contributed by atoms with van der Waals surface area (Å²) in [5, 5.41) is 0.473. The lowest BCUT2D eigenvalue weighted by atomic mass is 10.2. The topological polar surface area (TPSA) is 72.2 Å². The first-order chi connectivity index (χ1) is 11.9. The molecule has 0 saturated heterocycles. The summed E-state index contributed by atoms with van der Waals surface area (Å²) in [6.07, 6.45) is 5.28. The Balaban J connectivity index is 2.01. The number of sulfonamides is 1. The molecule has 0 bridgehead atoms. The molecule has 0 saturated carbocycles. The van der Waals surface area contributed by atoms with Crippen LogP contribution in [0.4, 0.5) is 6.01 Å². The van der Waals surface area contributed by atoms with E-state index < -0.39 is 10.0 Å². The first-order valence-corrected chi connectivity index (χ1v) is 10.00. The Labute approximate surface area is 154 Å². The van der Waals surface area contributed by atoms with E-state index in [1.165, 1.54) is 17.8 Å². The van der Waals surface area contributed by atoms with Crippen molar-refractivity contribution in [3.8, 4) is 12.3 Å². The number of aromatic nitrogens is 1. The van der Waals surface area contributed by atoms with E-state index in [4.69, 9.17) is 22.4 Å². The minimum atomic E-state index is -3.92. The Hall–Kier alpha value is -2.14. The maximum Gasteiger partial charge on any atom is 0.309 e. The van der Waals surface area contributed by atoms with Gasteiger partial charge in [0.2, 0.25) is 0 Å². The maximum absolute atomic E-state index is 12.8. The number of oxazole rings is 1. The highest BCUT2D eigenvalue weighted by Gasteiger charge is 2.23. The number of hydrogen-bond donors (Lipinski definition) is 1. The fourth-order valence-corrected chi connectivity index (χ4v) is 4.62. The van der Waals surface area contributed by atoms with Crippen molar-refractivity contribution in [1.29, 1.82) is 0 Å². The molecule has 25 heavy (non-hydrogen) atoms. The molecule has 8 heteroatoms. The summed E-state index contributed by atoms with van der Waals surface area (Å²) in [4.78, 5) is 4.68. The van der Waals surface area contributed by atoms with Crippen LogP contribution >= 0.6 is 23.4 Å². The molecule has 5 nitrogen and oxygen atoms in total. The largest absolute Gasteiger partial charge is 0.423 e. The van der Waals surface area contributed by atoms with Gasteiger partial charge in [-0.05, 0) is 36.8 Å². The number of aryl methyl sites for hydroxylation is 1. The second-order valence-corrected chi connectivity index (χ2v) is 8.21. The van der Waals surface area contributed by atoms with Gasteiger partial charge < -0.3 is 4.42 Å². The molecule has 0 atom stereocenters. The molecular weight excluding hydrogens is 380 g/mol. The SMILES string of the molecule is C#CCSc1cc(Cl)c(C)cc1S(=O)(=O)Nc1nc2ccccc2o1. The van der Waals surface area contributed by atoms with Gasteiger partial charge in [-0.25, -0.2) is 13.1 Å². The minimum absolute atomic E-state index is 0.0805. The Morgan fingerprint density at radius 3 is 2.84 bits per heavy atom. The normalized spacial score (nSPS) is 11.4. The Kier molecular flexibility index (Phi) is 4.95. The van der Waals surface area contributed by atoms with Crippen LogP contribution in [0.3, 0.4) is 0 Å². The fraction of sp³-hybridized carbons (Fsp3) is 0.118. The van der Waals surface area contributed by atoms with Gasteiger partial charge in [-0.15, -0.1) is 18.2 Å². The van der Waals surface area contributed by atoms with E-state index in [1.807, 2.05) is 0 Å². The molecule has 0 aliphatic heterocycles. The van der Waals surface area contributed by atoms with Crippen LogP contribution in [0.15, 0.2) is 50.6 Å². The summed E-state index contributed by atoms with van der Waals surface area (Å²) in [7, 11) is -3.92. The lowest BCUT2D eigenvalue weighted by molar-refractivity contribution is 0.589. The van der Waals surface area contributed by atoms with E-state index in [1.54, 1.807) is 37.3 Å². The summed E-state index contributed by atoms with van der Waals surface area (Å²) in [5.41, 5.74) is 1.70. The molecular formula is C17H13ClN2O3S2. The van der Waals surface area contributed by atoms with Crippen LogP contribution in [0, 0.1) is 19.3 Å². The average Bonchev–Trinajstić information content (AvgIpc) is 2.96. The van der Waals surface area contributed by atoms with E-state index >= 15 is 0 Å². The molecule has 2 aromatic carbocycles. The third kappa shape index (κ3) is 3.76. The maximum atomic E-state index is 12.8. The number of fused-ring (bicyclic) bond motifs is 1. The van der Waals surface area contributed by atoms with E-state index in [-0.39, 0.29) is 10.9 Å². The summed E-state index contributed by atoms with van der Waals surface area (Å²) in [5.74, 6) is 2.79. The van der Waals surface area contributed by atoms with Crippen molar-refractivity contribution in [2.24, 2.45) is 0 Å². The van der Waals surface area contributed by atoms with Crippen molar-refractivity contribution in [2.75, 3.05) is 10.5 Å². The predicted molar refractivity (Wildman–Crippen MR) is 101 cm³/mol. The molecule has 0 unspecified atom stereocenters. The summed E-state index contributed by atoms with van der Waals surface area (Å²) in [6, 6.07) is 10.0. The molecule has 3 rings (SSSR count). The Morgan fingerprint density at radius 1 is 1.36 bits per heavy atom. The van der Waals surface area contributed by atoms with Crippen LogP contribution in [0.2, 0.25) is 5.02 Å².